The van der Waals surface area contributed by atoms with Gasteiger partial charge in [-0.2, -0.15) is 0 Å². The summed E-state index contributed by atoms with van der Waals surface area (Å²) in [5.41, 5.74) is 8.69. The molecule has 0 N–H and O–H groups in total. The van der Waals surface area contributed by atoms with Gasteiger partial charge < -0.3 is 0 Å². The highest BCUT2D eigenvalue weighted by molar-refractivity contribution is 7.74. The highest BCUT2D eigenvalue weighted by atomic mass is 31.1. The van der Waals surface area contributed by atoms with Gasteiger partial charge in [-0.05, 0) is 94.1 Å². The lowest BCUT2D eigenvalue weighted by Crippen LogP contribution is -2.40. The SMILES string of the molecule is CCCC(CCC)(C(c1ccccc1)P(c1ccc(C)cc1)c1ccc(C)cc1)C(c1ccccc1)P(c1ccc(C)cc1)c1ccc(C)cc1. The second kappa shape index (κ2) is 17.1. The molecule has 0 heterocycles. The van der Waals surface area contributed by atoms with Gasteiger partial charge in [-0.25, -0.2) is 0 Å². The largest absolute Gasteiger partial charge is 0.0654 e. The van der Waals surface area contributed by atoms with Crippen LogP contribution in [0, 0.1) is 33.1 Å². The van der Waals surface area contributed by atoms with Crippen molar-refractivity contribution in [3.8, 4) is 0 Å². The van der Waals surface area contributed by atoms with Gasteiger partial charge in [0.25, 0.3) is 0 Å². The first kappa shape index (κ1) is 37.0. The van der Waals surface area contributed by atoms with Gasteiger partial charge >= 0.3 is 0 Å². The third-order valence-electron chi connectivity index (χ3n) is 10.5. The summed E-state index contributed by atoms with van der Waals surface area (Å²) in [5, 5.41) is 5.86. The molecule has 0 aromatic heterocycles. The molecule has 260 valence electrons. The maximum Gasteiger partial charge on any atom is 0.0188 e. The van der Waals surface area contributed by atoms with Gasteiger partial charge in [0.05, 0.1) is 0 Å². The Morgan fingerprint density at radius 2 is 0.627 bits per heavy atom. The molecule has 0 amide bonds. The molecule has 0 aliphatic carbocycles. The molecule has 0 aliphatic heterocycles. The normalized spacial score (nSPS) is 13.0. The second-order valence-electron chi connectivity index (χ2n) is 14.4. The van der Waals surface area contributed by atoms with E-state index in [2.05, 4.69) is 199 Å². The molecule has 0 bridgehead atoms. The molecule has 0 radical (unpaired) electrons. The molecule has 6 aromatic rings. The monoisotopic (exact) mass is 704 g/mol. The van der Waals surface area contributed by atoms with Gasteiger partial charge in [-0.3, -0.25) is 0 Å². The average molecular weight is 705 g/mol. The molecule has 0 saturated heterocycles. The molecule has 0 aliphatic rings. The average Bonchev–Trinajstić information content (AvgIpc) is 3.15. The van der Waals surface area contributed by atoms with Crippen LogP contribution in [-0.4, -0.2) is 0 Å². The van der Waals surface area contributed by atoms with Crippen molar-refractivity contribution in [2.45, 2.75) is 78.5 Å². The number of benzene rings is 6. The molecule has 0 spiro atoms. The van der Waals surface area contributed by atoms with Crippen molar-refractivity contribution in [2.24, 2.45) is 5.41 Å². The van der Waals surface area contributed by atoms with Crippen molar-refractivity contribution in [3.63, 3.8) is 0 Å². The predicted octanol–water partition coefficient (Wildman–Crippen LogP) is 12.6. The third kappa shape index (κ3) is 8.30. The van der Waals surface area contributed by atoms with Crippen LogP contribution in [0.15, 0.2) is 158 Å². The summed E-state index contributed by atoms with van der Waals surface area (Å²) in [5.74, 6) is 0. The first-order chi connectivity index (χ1) is 24.8. The van der Waals surface area contributed by atoms with E-state index in [0.29, 0.717) is 0 Å². The smallest absolute Gasteiger partial charge is 0.0188 e. The zero-order chi connectivity index (χ0) is 35.8. The van der Waals surface area contributed by atoms with Crippen LogP contribution < -0.4 is 21.2 Å². The van der Waals surface area contributed by atoms with E-state index in [1.165, 1.54) is 54.6 Å². The minimum Gasteiger partial charge on any atom is -0.0654 e. The van der Waals surface area contributed by atoms with Crippen molar-refractivity contribution in [2.75, 3.05) is 0 Å². The highest BCUT2D eigenvalue weighted by Crippen LogP contribution is 2.72. The van der Waals surface area contributed by atoms with E-state index >= 15 is 0 Å². The van der Waals surface area contributed by atoms with E-state index in [1.807, 2.05) is 0 Å². The summed E-state index contributed by atoms with van der Waals surface area (Å²) < 4.78 is 0. The van der Waals surface area contributed by atoms with Crippen LogP contribution in [0.25, 0.3) is 0 Å². The predicted molar refractivity (Wildman–Crippen MR) is 228 cm³/mol. The quantitative estimate of drug-likeness (QED) is 0.0990. The fourth-order valence-electron chi connectivity index (χ4n) is 8.22. The van der Waals surface area contributed by atoms with E-state index in [0.717, 1.165) is 25.7 Å². The first-order valence-electron chi connectivity index (χ1n) is 18.8. The Labute approximate surface area is 310 Å². The van der Waals surface area contributed by atoms with Gasteiger partial charge in [0.2, 0.25) is 0 Å². The lowest BCUT2D eigenvalue weighted by Gasteiger charge is -2.53. The van der Waals surface area contributed by atoms with E-state index in [9.17, 15) is 0 Å². The molecule has 6 aromatic carbocycles. The van der Waals surface area contributed by atoms with Crippen LogP contribution in [0.2, 0.25) is 0 Å². The molecule has 2 heteroatoms. The zero-order valence-electron chi connectivity index (χ0n) is 31.4. The lowest BCUT2D eigenvalue weighted by molar-refractivity contribution is 0.214. The summed E-state index contributed by atoms with van der Waals surface area (Å²) >= 11 is 0. The second-order valence-corrected chi connectivity index (χ2v) is 19.0. The van der Waals surface area contributed by atoms with Gasteiger partial charge in [0, 0.05) is 11.3 Å². The van der Waals surface area contributed by atoms with E-state index in [-0.39, 0.29) is 16.7 Å². The highest BCUT2D eigenvalue weighted by Gasteiger charge is 2.52. The topological polar surface area (TPSA) is 0 Å². The Balaban J connectivity index is 1.75. The van der Waals surface area contributed by atoms with Gasteiger partial charge in [0.1, 0.15) is 0 Å². The van der Waals surface area contributed by atoms with E-state index in [4.69, 9.17) is 0 Å². The Bertz CT molecular complexity index is 1690. The van der Waals surface area contributed by atoms with Crippen LogP contribution >= 0.6 is 15.8 Å². The molecule has 0 nitrogen and oxygen atoms in total. The summed E-state index contributed by atoms with van der Waals surface area (Å²) in [4.78, 5) is 0. The number of hydrogen-bond acceptors (Lipinski definition) is 0. The standard InChI is InChI=1S/C49H54P2/c1-7-35-49(36-8-2,47(41-15-11-9-12-16-41)50(43-27-19-37(3)20-28-43)44-29-21-38(4)22-30-44)48(42-17-13-10-14-18-42)51(45-31-23-39(5)24-32-45)46-33-25-40(6)26-34-46/h9-34,47-48H,7-8,35-36H2,1-6H3. The Morgan fingerprint density at radius 3 is 0.863 bits per heavy atom. The van der Waals surface area contributed by atoms with Gasteiger partial charge in [-0.15, -0.1) is 0 Å². The van der Waals surface area contributed by atoms with Crippen molar-refractivity contribution in [1.82, 2.24) is 0 Å². The molecular formula is C49H54P2. The molecule has 6 rings (SSSR count). The summed E-state index contributed by atoms with van der Waals surface area (Å²) in [6.07, 6.45) is 4.55. The molecule has 0 fully saturated rings. The summed E-state index contributed by atoms with van der Waals surface area (Å²) in [6.45, 7) is 13.7. The van der Waals surface area contributed by atoms with Gasteiger partial charge in [0.15, 0.2) is 0 Å². The lowest BCUT2D eigenvalue weighted by atomic mass is 9.69. The van der Waals surface area contributed by atoms with E-state index in [1.54, 1.807) is 0 Å². The summed E-state index contributed by atoms with van der Waals surface area (Å²) in [6, 6.07) is 61.6. The fourth-order valence-corrected chi connectivity index (χ4v) is 14.8. The van der Waals surface area contributed by atoms with Crippen molar-refractivity contribution in [1.29, 1.82) is 0 Å². The van der Waals surface area contributed by atoms with Crippen LogP contribution in [0.3, 0.4) is 0 Å². The van der Waals surface area contributed by atoms with Crippen LogP contribution in [0.5, 0.6) is 0 Å². The maximum absolute atomic E-state index is 2.45. The number of rotatable bonds is 14. The molecule has 51 heavy (non-hydrogen) atoms. The third-order valence-corrected chi connectivity index (χ3v) is 16.6. The van der Waals surface area contributed by atoms with Crippen LogP contribution in [0.4, 0.5) is 0 Å². The Hall–Kier alpha value is -3.82. The molecule has 2 unspecified atom stereocenters. The Kier molecular flexibility index (Phi) is 12.4. The van der Waals surface area contributed by atoms with Crippen LogP contribution in [-0.2, 0) is 0 Å². The molecule has 2 atom stereocenters. The van der Waals surface area contributed by atoms with Crippen LogP contribution in [0.1, 0.15) is 84.2 Å². The van der Waals surface area contributed by atoms with E-state index < -0.39 is 15.8 Å². The van der Waals surface area contributed by atoms with Crippen molar-refractivity contribution in [3.05, 3.63) is 191 Å². The Morgan fingerprint density at radius 1 is 0.373 bits per heavy atom. The summed E-state index contributed by atoms with van der Waals surface area (Å²) in [7, 11) is -1.62. The zero-order valence-corrected chi connectivity index (χ0v) is 33.2. The fraction of sp³-hybridized carbons (Fsp3) is 0.265. The number of aryl methyl sites for hydroxylation is 4. The minimum absolute atomic E-state index is 0.0604. The molecular weight excluding hydrogens is 650 g/mol. The molecule has 0 saturated carbocycles. The number of hydrogen-bond donors (Lipinski definition) is 0. The maximum atomic E-state index is 2.45. The van der Waals surface area contributed by atoms with Gasteiger partial charge in [-0.1, -0.05) is 207 Å². The minimum atomic E-state index is -0.812. The van der Waals surface area contributed by atoms with Crippen molar-refractivity contribution >= 4 is 37.1 Å². The first-order valence-corrected chi connectivity index (χ1v) is 21.6. The van der Waals surface area contributed by atoms with Crippen molar-refractivity contribution < 1.29 is 0 Å².